The second-order valence-electron chi connectivity index (χ2n) is 6.14. The Morgan fingerprint density at radius 3 is 2.62 bits per heavy atom. The highest BCUT2D eigenvalue weighted by Crippen LogP contribution is 2.32. The molecule has 1 saturated carbocycles. The Balaban J connectivity index is 2.20. The molecule has 1 fully saturated rings. The fourth-order valence-corrected chi connectivity index (χ4v) is 4.34. The van der Waals surface area contributed by atoms with E-state index in [0.717, 1.165) is 12.8 Å². The summed E-state index contributed by atoms with van der Waals surface area (Å²) in [6.45, 7) is 6.13. The Hall–Kier alpha value is -0.910. The molecule has 1 aromatic rings. The van der Waals surface area contributed by atoms with Gasteiger partial charge in [-0.3, -0.25) is 0 Å². The minimum absolute atomic E-state index is 0.00440. The van der Waals surface area contributed by atoms with E-state index in [2.05, 4.69) is 18.6 Å². The van der Waals surface area contributed by atoms with E-state index < -0.39 is 16.1 Å². The van der Waals surface area contributed by atoms with Gasteiger partial charge in [-0.15, -0.1) is 0 Å². The van der Waals surface area contributed by atoms with Gasteiger partial charge in [-0.2, -0.15) is 0 Å². The predicted molar refractivity (Wildman–Crippen MR) is 83.4 cm³/mol. The zero-order valence-corrected chi connectivity index (χ0v) is 13.7. The van der Waals surface area contributed by atoms with Crippen molar-refractivity contribution in [3.05, 3.63) is 29.8 Å². The average Bonchev–Trinajstić information content (AvgIpc) is 2.78. The maximum absolute atomic E-state index is 12.5. The first-order valence-electron chi connectivity index (χ1n) is 7.65. The Morgan fingerprint density at radius 2 is 2.05 bits per heavy atom. The van der Waals surface area contributed by atoms with Crippen LogP contribution in [0.5, 0.6) is 0 Å². The number of aliphatic hydroxyl groups is 1. The molecule has 0 radical (unpaired) electrons. The second kappa shape index (κ2) is 6.46. The van der Waals surface area contributed by atoms with Crippen molar-refractivity contribution in [3.63, 3.8) is 0 Å². The molecule has 4 atom stereocenters. The molecule has 0 bridgehead atoms. The van der Waals surface area contributed by atoms with Gasteiger partial charge in [0.25, 0.3) is 0 Å². The summed E-state index contributed by atoms with van der Waals surface area (Å²) in [5.41, 5.74) is 0.646. The van der Waals surface area contributed by atoms with Crippen LogP contribution in [0.25, 0.3) is 0 Å². The van der Waals surface area contributed by atoms with Gasteiger partial charge >= 0.3 is 0 Å². The summed E-state index contributed by atoms with van der Waals surface area (Å²) in [5.74, 6) is 0.898. The third-order valence-electron chi connectivity index (χ3n) is 4.71. The van der Waals surface area contributed by atoms with Gasteiger partial charge in [-0.05, 0) is 48.8 Å². The monoisotopic (exact) mass is 311 g/mol. The van der Waals surface area contributed by atoms with E-state index in [1.165, 1.54) is 0 Å². The maximum Gasteiger partial charge on any atom is 0.240 e. The Kier molecular flexibility index (Phi) is 5.07. The van der Waals surface area contributed by atoms with Gasteiger partial charge in [0, 0.05) is 6.04 Å². The number of hydrogen-bond donors (Lipinski definition) is 2. The van der Waals surface area contributed by atoms with Crippen LogP contribution in [0.2, 0.25) is 0 Å². The quantitative estimate of drug-likeness (QED) is 0.878. The average molecular weight is 311 g/mol. The minimum atomic E-state index is -3.53. The molecule has 1 aliphatic rings. The Morgan fingerprint density at radius 1 is 1.33 bits per heavy atom. The topological polar surface area (TPSA) is 66.4 Å². The summed E-state index contributed by atoms with van der Waals surface area (Å²) in [7, 11) is -3.53. The molecule has 1 aromatic carbocycles. The Labute approximate surface area is 127 Å². The first kappa shape index (κ1) is 16.5. The smallest absolute Gasteiger partial charge is 0.240 e. The number of benzene rings is 1. The Bertz CT molecular complexity index is 585. The van der Waals surface area contributed by atoms with Crippen LogP contribution >= 0.6 is 0 Å². The maximum atomic E-state index is 12.5. The van der Waals surface area contributed by atoms with Crippen molar-refractivity contribution in [2.45, 2.75) is 57.1 Å². The lowest BCUT2D eigenvalue weighted by Crippen LogP contribution is -2.37. The van der Waals surface area contributed by atoms with Crippen LogP contribution in [0.1, 0.15) is 51.7 Å². The standard InChI is InChI=1S/C16H25NO3S/c1-4-16(18)13-6-5-7-14(10-13)21(19,20)17-15-9-8-11(2)12(15)3/h5-7,10-12,15-18H,4,8-9H2,1-3H3. The van der Waals surface area contributed by atoms with Gasteiger partial charge in [0.05, 0.1) is 11.0 Å². The molecule has 0 spiro atoms. The van der Waals surface area contributed by atoms with Crippen molar-refractivity contribution in [3.8, 4) is 0 Å². The van der Waals surface area contributed by atoms with Crippen LogP contribution in [0.3, 0.4) is 0 Å². The van der Waals surface area contributed by atoms with E-state index in [0.29, 0.717) is 23.8 Å². The van der Waals surface area contributed by atoms with E-state index >= 15 is 0 Å². The largest absolute Gasteiger partial charge is 0.388 e. The lowest BCUT2D eigenvalue weighted by molar-refractivity contribution is 0.173. The predicted octanol–water partition coefficient (Wildman–Crippen LogP) is 2.84. The van der Waals surface area contributed by atoms with Crippen LogP contribution in [0, 0.1) is 11.8 Å². The molecular weight excluding hydrogens is 286 g/mol. The molecule has 2 N–H and O–H groups in total. The van der Waals surface area contributed by atoms with Gasteiger partial charge in [-0.25, -0.2) is 13.1 Å². The van der Waals surface area contributed by atoms with E-state index in [1.807, 2.05) is 6.92 Å². The molecule has 4 unspecified atom stereocenters. The molecule has 118 valence electrons. The third kappa shape index (κ3) is 3.65. The number of rotatable bonds is 5. The molecule has 0 aromatic heterocycles. The molecule has 0 saturated heterocycles. The van der Waals surface area contributed by atoms with Crippen LogP contribution < -0.4 is 4.72 Å². The van der Waals surface area contributed by atoms with Crippen LogP contribution in [-0.4, -0.2) is 19.6 Å². The zero-order chi connectivity index (χ0) is 15.6. The summed E-state index contributed by atoms with van der Waals surface area (Å²) in [5, 5.41) is 9.87. The molecule has 2 rings (SSSR count). The van der Waals surface area contributed by atoms with Gasteiger partial charge < -0.3 is 5.11 Å². The fraction of sp³-hybridized carbons (Fsp3) is 0.625. The first-order valence-corrected chi connectivity index (χ1v) is 9.13. The molecule has 5 heteroatoms. The second-order valence-corrected chi connectivity index (χ2v) is 7.85. The van der Waals surface area contributed by atoms with Gasteiger partial charge in [0.15, 0.2) is 0 Å². The number of sulfonamides is 1. The number of aliphatic hydroxyl groups excluding tert-OH is 1. The lowest BCUT2D eigenvalue weighted by atomic mass is 9.98. The third-order valence-corrected chi connectivity index (χ3v) is 6.20. The van der Waals surface area contributed by atoms with E-state index in [1.54, 1.807) is 24.3 Å². The zero-order valence-electron chi connectivity index (χ0n) is 12.9. The normalized spacial score (nSPS) is 27.7. The summed E-state index contributed by atoms with van der Waals surface area (Å²) < 4.78 is 27.8. The number of nitrogens with one attached hydrogen (secondary N) is 1. The van der Waals surface area contributed by atoms with Crippen LogP contribution in [0.4, 0.5) is 0 Å². The molecule has 0 aliphatic heterocycles. The molecule has 1 aliphatic carbocycles. The van der Waals surface area contributed by atoms with Crippen molar-refractivity contribution in [2.24, 2.45) is 11.8 Å². The van der Waals surface area contributed by atoms with Crippen molar-refractivity contribution in [1.29, 1.82) is 0 Å². The number of hydrogen-bond acceptors (Lipinski definition) is 3. The molecule has 4 nitrogen and oxygen atoms in total. The summed E-state index contributed by atoms with van der Waals surface area (Å²) >= 11 is 0. The van der Waals surface area contributed by atoms with Crippen molar-refractivity contribution >= 4 is 10.0 Å². The summed E-state index contributed by atoms with van der Waals surface area (Å²) in [4.78, 5) is 0.235. The molecule has 0 amide bonds. The van der Waals surface area contributed by atoms with E-state index in [4.69, 9.17) is 0 Å². The van der Waals surface area contributed by atoms with Crippen molar-refractivity contribution in [1.82, 2.24) is 4.72 Å². The highest BCUT2D eigenvalue weighted by molar-refractivity contribution is 7.89. The first-order chi connectivity index (χ1) is 9.85. The molecular formula is C16H25NO3S. The molecule has 21 heavy (non-hydrogen) atoms. The van der Waals surface area contributed by atoms with Crippen LogP contribution in [-0.2, 0) is 10.0 Å². The van der Waals surface area contributed by atoms with Gasteiger partial charge in [0.1, 0.15) is 0 Å². The van der Waals surface area contributed by atoms with Crippen molar-refractivity contribution in [2.75, 3.05) is 0 Å². The minimum Gasteiger partial charge on any atom is -0.388 e. The lowest BCUT2D eigenvalue weighted by Gasteiger charge is -2.20. The van der Waals surface area contributed by atoms with Gasteiger partial charge in [-0.1, -0.05) is 32.9 Å². The highest BCUT2D eigenvalue weighted by atomic mass is 32.2. The van der Waals surface area contributed by atoms with E-state index in [-0.39, 0.29) is 10.9 Å². The molecule has 0 heterocycles. The van der Waals surface area contributed by atoms with E-state index in [9.17, 15) is 13.5 Å². The summed E-state index contributed by atoms with van der Waals surface area (Å²) in [6.07, 6.45) is 1.89. The highest BCUT2D eigenvalue weighted by Gasteiger charge is 2.33. The SMILES string of the molecule is CCC(O)c1cccc(S(=O)(=O)NC2CCC(C)C2C)c1. The van der Waals surface area contributed by atoms with Gasteiger partial charge in [0.2, 0.25) is 10.0 Å². The van der Waals surface area contributed by atoms with Crippen LogP contribution in [0.15, 0.2) is 29.2 Å². The fourth-order valence-electron chi connectivity index (χ4n) is 2.92. The summed E-state index contributed by atoms with van der Waals surface area (Å²) in [6, 6.07) is 6.60. The van der Waals surface area contributed by atoms with Crippen molar-refractivity contribution < 1.29 is 13.5 Å².